The van der Waals surface area contributed by atoms with E-state index in [0.29, 0.717) is 0 Å². The minimum atomic E-state index is -0.551. The van der Waals surface area contributed by atoms with E-state index in [-0.39, 0.29) is 22.2 Å². The molecule has 0 radical (unpaired) electrons. The van der Waals surface area contributed by atoms with E-state index in [9.17, 15) is 0 Å². The highest BCUT2D eigenvalue weighted by Crippen LogP contribution is 2.58. The molecule has 0 spiro atoms. The van der Waals surface area contributed by atoms with Crippen LogP contribution in [0.3, 0.4) is 0 Å². The second-order valence-electron chi connectivity index (χ2n) is 23.7. The summed E-state index contributed by atoms with van der Waals surface area (Å²) >= 11 is 0. The Morgan fingerprint density at radius 2 is 0.892 bits per heavy atom. The van der Waals surface area contributed by atoms with Crippen molar-refractivity contribution in [2.75, 3.05) is 0 Å². The van der Waals surface area contributed by atoms with Gasteiger partial charge in [-0.25, -0.2) is 0 Å². The van der Waals surface area contributed by atoms with Gasteiger partial charge in [0.15, 0.2) is 0 Å². The Kier molecular flexibility index (Phi) is 11.5. The van der Waals surface area contributed by atoms with Crippen LogP contribution in [0.1, 0.15) is 123 Å². The summed E-state index contributed by atoms with van der Waals surface area (Å²) in [4.78, 5) is 0. The average Bonchev–Trinajstić information content (AvgIpc) is 3.85. The molecule has 10 aromatic carbocycles. The van der Waals surface area contributed by atoms with Crippen LogP contribution in [0.2, 0.25) is 0 Å². The van der Waals surface area contributed by atoms with Gasteiger partial charge in [-0.1, -0.05) is 280 Å². The Morgan fingerprint density at radius 3 is 1.57 bits per heavy atom. The molecular formula is C74H66. The molecule has 0 aliphatic heterocycles. The van der Waals surface area contributed by atoms with E-state index in [4.69, 9.17) is 0 Å². The summed E-state index contributed by atoms with van der Waals surface area (Å²) in [5.41, 5.74) is 26.8. The molecule has 2 aliphatic carbocycles. The first-order valence-electron chi connectivity index (χ1n) is 26.7. The van der Waals surface area contributed by atoms with E-state index in [0.717, 1.165) is 6.42 Å². The van der Waals surface area contributed by atoms with E-state index >= 15 is 0 Å². The third-order valence-electron chi connectivity index (χ3n) is 16.7. The average molecular weight is 955 g/mol. The van der Waals surface area contributed by atoms with E-state index in [1.165, 1.54) is 117 Å². The lowest BCUT2D eigenvalue weighted by Crippen LogP contribution is -2.28. The third kappa shape index (κ3) is 7.90. The highest BCUT2D eigenvalue weighted by molar-refractivity contribution is 5.94. The number of benzene rings is 10. The Bertz CT molecular complexity index is 3690. The van der Waals surface area contributed by atoms with Gasteiger partial charge >= 0.3 is 0 Å². The topological polar surface area (TPSA) is 0 Å². The fraction of sp³-hybridized carbons (Fsp3) is 0.189. The van der Waals surface area contributed by atoms with Gasteiger partial charge in [0.1, 0.15) is 0 Å². The number of fused-ring (bicyclic) bond motifs is 6. The molecule has 362 valence electrons. The Labute approximate surface area is 440 Å². The Hall–Kier alpha value is -7.80. The smallest absolute Gasteiger partial charge is 0.0622 e. The van der Waals surface area contributed by atoms with Crippen molar-refractivity contribution in [1.82, 2.24) is 0 Å². The molecule has 10 aromatic rings. The lowest BCUT2D eigenvalue weighted by atomic mass is 9.67. The van der Waals surface area contributed by atoms with Gasteiger partial charge in [-0.2, -0.15) is 0 Å². The predicted molar refractivity (Wildman–Crippen MR) is 313 cm³/mol. The summed E-state index contributed by atoms with van der Waals surface area (Å²) in [5.74, 6) is 0.0113. The zero-order valence-corrected chi connectivity index (χ0v) is 44.3. The summed E-state index contributed by atoms with van der Waals surface area (Å²) in [6, 6.07) is 90.2. The highest BCUT2D eigenvalue weighted by atomic mass is 14.5. The Balaban J connectivity index is 1.12. The maximum atomic E-state index is 2.61. The summed E-state index contributed by atoms with van der Waals surface area (Å²) in [6.07, 6.45) is 0.809. The summed E-state index contributed by atoms with van der Waals surface area (Å²) in [5, 5.41) is 0. The van der Waals surface area contributed by atoms with Crippen molar-refractivity contribution >= 4 is 0 Å². The summed E-state index contributed by atoms with van der Waals surface area (Å²) in [7, 11) is 0. The van der Waals surface area contributed by atoms with E-state index in [1.807, 2.05) is 0 Å². The monoisotopic (exact) mass is 955 g/mol. The number of rotatable bonds is 9. The van der Waals surface area contributed by atoms with Gasteiger partial charge in [-0.3, -0.25) is 0 Å². The minimum Gasteiger partial charge on any atom is -0.0622 e. The number of hydrogen-bond acceptors (Lipinski definition) is 0. The van der Waals surface area contributed by atoms with Crippen LogP contribution in [-0.4, -0.2) is 0 Å². The zero-order chi connectivity index (χ0) is 51.0. The molecule has 0 aromatic heterocycles. The zero-order valence-electron chi connectivity index (χ0n) is 44.3. The van der Waals surface area contributed by atoms with Gasteiger partial charge in [-0.15, -0.1) is 0 Å². The molecule has 2 atom stereocenters. The normalized spacial score (nSPS) is 15.7. The number of hydrogen-bond donors (Lipinski definition) is 0. The Morgan fingerprint density at radius 1 is 0.351 bits per heavy atom. The molecule has 74 heavy (non-hydrogen) atoms. The molecule has 0 fully saturated rings. The van der Waals surface area contributed by atoms with Gasteiger partial charge in [0, 0.05) is 11.3 Å². The molecule has 2 unspecified atom stereocenters. The van der Waals surface area contributed by atoms with Crippen molar-refractivity contribution < 1.29 is 0 Å². The SMILES string of the molecule is CC(C)(C)c1cc(-c2cc(C(Cc3ccc4c(c3)C(c3ccccc3)(c3cccc(-c5ccccc5)c3)c3ccccc3-4)c3ccccc3-c3ccccc3)cc3c2-c2ccccc2C3(C)C)cc(C(C)(C)C)c1. The van der Waals surface area contributed by atoms with Crippen molar-refractivity contribution in [1.29, 1.82) is 0 Å². The minimum absolute atomic E-state index is 0.0113. The van der Waals surface area contributed by atoms with Gasteiger partial charge in [0.05, 0.1) is 5.41 Å². The maximum absolute atomic E-state index is 2.61. The molecule has 12 rings (SSSR count). The molecule has 0 bridgehead atoms. The van der Waals surface area contributed by atoms with Crippen LogP contribution in [0, 0.1) is 0 Å². The van der Waals surface area contributed by atoms with Crippen molar-refractivity contribution in [2.24, 2.45) is 0 Å². The van der Waals surface area contributed by atoms with Crippen LogP contribution in [0.15, 0.2) is 237 Å². The van der Waals surface area contributed by atoms with Crippen LogP contribution in [0.4, 0.5) is 0 Å². The van der Waals surface area contributed by atoms with Gasteiger partial charge in [0.25, 0.3) is 0 Å². The molecule has 0 heterocycles. The van der Waals surface area contributed by atoms with Crippen LogP contribution >= 0.6 is 0 Å². The quantitative estimate of drug-likeness (QED) is 0.135. The van der Waals surface area contributed by atoms with Crippen LogP contribution in [0.5, 0.6) is 0 Å². The second-order valence-corrected chi connectivity index (χ2v) is 23.7. The third-order valence-corrected chi connectivity index (χ3v) is 16.7. The lowest BCUT2D eigenvalue weighted by molar-refractivity contribution is 0.569. The lowest BCUT2D eigenvalue weighted by Gasteiger charge is -2.34. The molecule has 0 heteroatoms. The molecule has 0 N–H and O–H groups in total. The van der Waals surface area contributed by atoms with Crippen molar-refractivity contribution in [3.63, 3.8) is 0 Å². The first-order valence-corrected chi connectivity index (χ1v) is 26.7. The molecule has 0 amide bonds. The molecule has 0 saturated heterocycles. The molecule has 2 aliphatic rings. The summed E-state index contributed by atoms with van der Waals surface area (Å²) < 4.78 is 0. The van der Waals surface area contributed by atoms with Crippen LogP contribution in [0.25, 0.3) is 55.6 Å². The molecule has 0 saturated carbocycles. The first-order chi connectivity index (χ1) is 35.7. The van der Waals surface area contributed by atoms with E-state index < -0.39 is 5.41 Å². The molecular weight excluding hydrogens is 889 g/mol. The van der Waals surface area contributed by atoms with E-state index in [1.54, 1.807) is 0 Å². The predicted octanol–water partition coefficient (Wildman–Crippen LogP) is 19.3. The fourth-order valence-corrected chi connectivity index (χ4v) is 12.7. The standard InChI is InChI=1S/C74H66/c1-71(2,3)57-44-53(45-58(48-57)72(4,5)6)65-46-54(47-69-70(65)63-36-21-22-37-66(63)73(69,7)8)64(60-34-19-18-33-59(60)51-27-14-10-15-28-51)41-49-39-40-62-61-35-20-23-38-67(61)74(68(62)42-49,55-30-16-11-17-31-55)56-32-24-29-52(43-56)50-25-12-9-13-26-50/h9-40,42-48,64H,41H2,1-8H3. The van der Waals surface area contributed by atoms with Gasteiger partial charge in [-0.05, 0) is 146 Å². The first kappa shape index (κ1) is 47.2. The largest absolute Gasteiger partial charge is 0.0713 e. The van der Waals surface area contributed by atoms with Gasteiger partial charge < -0.3 is 0 Å². The highest BCUT2D eigenvalue weighted by Gasteiger charge is 2.46. The van der Waals surface area contributed by atoms with Crippen molar-refractivity contribution in [3.8, 4) is 55.6 Å². The fourth-order valence-electron chi connectivity index (χ4n) is 12.7. The summed E-state index contributed by atoms with van der Waals surface area (Å²) in [6.45, 7) is 19.0. The van der Waals surface area contributed by atoms with Gasteiger partial charge in [0.2, 0.25) is 0 Å². The second kappa shape index (κ2) is 18.0. The van der Waals surface area contributed by atoms with Crippen molar-refractivity contribution in [2.45, 2.75) is 89.4 Å². The van der Waals surface area contributed by atoms with Crippen molar-refractivity contribution in [3.05, 3.63) is 298 Å². The maximum Gasteiger partial charge on any atom is 0.0713 e. The van der Waals surface area contributed by atoms with Crippen LogP contribution < -0.4 is 0 Å². The molecule has 0 nitrogen and oxygen atoms in total. The van der Waals surface area contributed by atoms with E-state index in [2.05, 4.69) is 292 Å². The van der Waals surface area contributed by atoms with Crippen LogP contribution in [-0.2, 0) is 28.1 Å².